The largest absolute Gasteiger partial charge is 0.375 e. The zero-order chi connectivity index (χ0) is 15.1. The molecule has 2 N–H and O–H groups in total. The third-order valence-electron chi connectivity index (χ3n) is 4.18. The van der Waals surface area contributed by atoms with Gasteiger partial charge in [0.1, 0.15) is 0 Å². The first kappa shape index (κ1) is 13.2. The van der Waals surface area contributed by atoms with Gasteiger partial charge in [-0.2, -0.15) is 0 Å². The van der Waals surface area contributed by atoms with Crippen molar-refractivity contribution in [3.05, 3.63) is 29.6 Å². The SMILES string of the molecule is C[C@@H](Nc1ccc2c(c1)CCC(=O)N2)c1nnnn1C1CC1. The van der Waals surface area contributed by atoms with Crippen LogP contribution in [0.5, 0.6) is 0 Å². The van der Waals surface area contributed by atoms with Gasteiger partial charge in [-0.25, -0.2) is 4.68 Å². The molecule has 22 heavy (non-hydrogen) atoms. The fraction of sp³-hybridized carbons (Fsp3) is 0.467. The molecule has 1 saturated carbocycles. The van der Waals surface area contributed by atoms with Crippen LogP contribution >= 0.6 is 0 Å². The highest BCUT2D eigenvalue weighted by Crippen LogP contribution is 2.36. The number of amides is 1. The van der Waals surface area contributed by atoms with E-state index in [1.54, 1.807) is 0 Å². The summed E-state index contributed by atoms with van der Waals surface area (Å²) in [5.74, 6) is 0.957. The number of hydrogen-bond donors (Lipinski definition) is 2. The number of aryl methyl sites for hydroxylation is 1. The Balaban J connectivity index is 1.53. The average molecular weight is 298 g/mol. The van der Waals surface area contributed by atoms with Crippen molar-refractivity contribution < 1.29 is 4.79 Å². The van der Waals surface area contributed by atoms with Crippen molar-refractivity contribution in [2.24, 2.45) is 0 Å². The number of tetrazole rings is 1. The molecule has 0 bridgehead atoms. The molecule has 1 fully saturated rings. The number of carbonyl (C=O) groups excluding carboxylic acids is 1. The molecule has 0 radical (unpaired) electrons. The van der Waals surface area contributed by atoms with Crippen LogP contribution in [0.15, 0.2) is 18.2 Å². The lowest BCUT2D eigenvalue weighted by atomic mass is 10.0. The number of anilines is 2. The molecule has 0 unspecified atom stereocenters. The number of nitrogens with one attached hydrogen (secondary N) is 2. The summed E-state index contributed by atoms with van der Waals surface area (Å²) in [5.41, 5.74) is 3.10. The van der Waals surface area contributed by atoms with E-state index in [1.165, 1.54) is 5.56 Å². The van der Waals surface area contributed by atoms with Gasteiger partial charge in [0.15, 0.2) is 5.82 Å². The monoisotopic (exact) mass is 298 g/mol. The summed E-state index contributed by atoms with van der Waals surface area (Å²) >= 11 is 0. The number of nitrogens with zero attached hydrogens (tertiary/aromatic N) is 4. The molecule has 2 aliphatic rings. The van der Waals surface area contributed by atoms with Crippen molar-refractivity contribution in [2.75, 3.05) is 10.6 Å². The smallest absolute Gasteiger partial charge is 0.224 e. The first-order chi connectivity index (χ1) is 10.7. The molecule has 4 rings (SSSR count). The average Bonchev–Trinajstić information content (AvgIpc) is 3.24. The minimum absolute atomic E-state index is 0.0341. The predicted octanol–water partition coefficient (Wildman–Crippen LogP) is 2.07. The molecule has 0 saturated heterocycles. The molecule has 7 nitrogen and oxygen atoms in total. The van der Waals surface area contributed by atoms with E-state index in [4.69, 9.17) is 0 Å². The zero-order valence-electron chi connectivity index (χ0n) is 12.4. The van der Waals surface area contributed by atoms with Crippen molar-refractivity contribution in [1.82, 2.24) is 20.2 Å². The van der Waals surface area contributed by atoms with Crippen LogP contribution in [0.1, 0.15) is 49.7 Å². The van der Waals surface area contributed by atoms with Crippen molar-refractivity contribution >= 4 is 17.3 Å². The van der Waals surface area contributed by atoms with Crippen molar-refractivity contribution in [1.29, 1.82) is 0 Å². The third kappa shape index (κ3) is 2.43. The summed E-state index contributed by atoms with van der Waals surface area (Å²) in [6.45, 7) is 2.06. The summed E-state index contributed by atoms with van der Waals surface area (Å²) in [6.07, 6.45) is 3.64. The lowest BCUT2D eigenvalue weighted by Crippen LogP contribution is -2.19. The molecule has 1 atom stereocenters. The second-order valence-electron chi connectivity index (χ2n) is 6.00. The standard InChI is InChI=1S/C15H18N6O/c1-9(15-18-19-20-21(15)12-4-5-12)16-11-3-6-13-10(8-11)2-7-14(22)17-13/h3,6,8-9,12,16H,2,4-5,7H2,1H3,(H,17,22)/t9-/m1/s1. The Morgan fingerprint density at radius 1 is 1.36 bits per heavy atom. The van der Waals surface area contributed by atoms with E-state index in [0.29, 0.717) is 12.5 Å². The minimum atomic E-state index is 0.0341. The highest BCUT2D eigenvalue weighted by Gasteiger charge is 2.29. The number of rotatable bonds is 4. The lowest BCUT2D eigenvalue weighted by molar-refractivity contribution is -0.116. The highest BCUT2D eigenvalue weighted by molar-refractivity contribution is 5.94. The molecule has 1 aromatic heterocycles. The zero-order valence-corrected chi connectivity index (χ0v) is 12.4. The van der Waals surface area contributed by atoms with Crippen LogP contribution in [-0.4, -0.2) is 26.1 Å². The number of benzene rings is 1. The quantitative estimate of drug-likeness (QED) is 0.902. The second-order valence-corrected chi connectivity index (χ2v) is 6.00. The van der Waals surface area contributed by atoms with Crippen LogP contribution in [0.25, 0.3) is 0 Å². The Hall–Kier alpha value is -2.44. The van der Waals surface area contributed by atoms with Crippen LogP contribution in [0.2, 0.25) is 0 Å². The number of hydrogen-bond acceptors (Lipinski definition) is 5. The summed E-state index contributed by atoms with van der Waals surface area (Å²) in [4.78, 5) is 11.4. The molecule has 2 heterocycles. The van der Waals surface area contributed by atoms with Gasteiger partial charge in [0, 0.05) is 17.8 Å². The topological polar surface area (TPSA) is 84.7 Å². The first-order valence-electron chi connectivity index (χ1n) is 7.68. The number of fused-ring (bicyclic) bond motifs is 1. The molecular formula is C15H18N6O. The van der Waals surface area contributed by atoms with Gasteiger partial charge in [-0.15, -0.1) is 5.10 Å². The van der Waals surface area contributed by atoms with E-state index in [-0.39, 0.29) is 11.9 Å². The lowest BCUT2D eigenvalue weighted by Gasteiger charge is -2.20. The van der Waals surface area contributed by atoms with E-state index in [9.17, 15) is 4.79 Å². The summed E-state index contributed by atoms with van der Waals surface area (Å²) < 4.78 is 1.93. The second kappa shape index (κ2) is 5.08. The van der Waals surface area contributed by atoms with Gasteiger partial charge in [-0.05, 0) is 60.4 Å². The van der Waals surface area contributed by atoms with Gasteiger partial charge < -0.3 is 10.6 Å². The van der Waals surface area contributed by atoms with Crippen molar-refractivity contribution in [3.63, 3.8) is 0 Å². The molecular weight excluding hydrogens is 280 g/mol. The van der Waals surface area contributed by atoms with Crippen molar-refractivity contribution in [3.8, 4) is 0 Å². The first-order valence-corrected chi connectivity index (χ1v) is 7.68. The maximum absolute atomic E-state index is 11.4. The maximum Gasteiger partial charge on any atom is 0.224 e. The Morgan fingerprint density at radius 2 is 2.23 bits per heavy atom. The molecule has 1 aliphatic carbocycles. The molecule has 1 aromatic carbocycles. The number of carbonyl (C=O) groups is 1. The normalized spacial score (nSPS) is 18.5. The molecule has 2 aromatic rings. The maximum atomic E-state index is 11.4. The van der Waals surface area contributed by atoms with Crippen LogP contribution in [0, 0.1) is 0 Å². The van der Waals surface area contributed by atoms with Gasteiger partial charge in [-0.3, -0.25) is 4.79 Å². The molecule has 7 heteroatoms. The van der Waals surface area contributed by atoms with Crippen LogP contribution in [-0.2, 0) is 11.2 Å². The van der Waals surface area contributed by atoms with Gasteiger partial charge in [0.05, 0.1) is 12.1 Å². The molecule has 1 amide bonds. The van der Waals surface area contributed by atoms with Crippen LogP contribution in [0.4, 0.5) is 11.4 Å². The Kier molecular flexibility index (Phi) is 3.06. The fourth-order valence-corrected chi connectivity index (χ4v) is 2.85. The van der Waals surface area contributed by atoms with Crippen LogP contribution < -0.4 is 10.6 Å². The van der Waals surface area contributed by atoms with Crippen LogP contribution in [0.3, 0.4) is 0 Å². The van der Waals surface area contributed by atoms with Gasteiger partial charge in [0.25, 0.3) is 0 Å². The highest BCUT2D eigenvalue weighted by atomic mass is 16.1. The van der Waals surface area contributed by atoms with E-state index in [1.807, 2.05) is 16.8 Å². The number of aromatic nitrogens is 4. The Morgan fingerprint density at radius 3 is 3.05 bits per heavy atom. The Bertz CT molecular complexity index is 721. The Labute approximate surface area is 128 Å². The van der Waals surface area contributed by atoms with E-state index >= 15 is 0 Å². The van der Waals surface area contributed by atoms with Gasteiger partial charge in [-0.1, -0.05) is 0 Å². The molecule has 114 valence electrons. The molecule has 0 spiro atoms. The minimum Gasteiger partial charge on any atom is -0.375 e. The summed E-state index contributed by atoms with van der Waals surface area (Å²) in [6, 6.07) is 6.52. The fourth-order valence-electron chi connectivity index (χ4n) is 2.85. The van der Waals surface area contributed by atoms with Gasteiger partial charge >= 0.3 is 0 Å². The van der Waals surface area contributed by atoms with Crippen molar-refractivity contribution in [2.45, 2.75) is 44.7 Å². The third-order valence-corrected chi connectivity index (χ3v) is 4.18. The summed E-state index contributed by atoms with van der Waals surface area (Å²) in [5, 5.41) is 18.4. The van der Waals surface area contributed by atoms with E-state index in [2.05, 4.69) is 39.1 Å². The van der Waals surface area contributed by atoms with E-state index < -0.39 is 0 Å². The van der Waals surface area contributed by atoms with Gasteiger partial charge in [0.2, 0.25) is 5.91 Å². The predicted molar refractivity (Wildman–Crippen MR) is 81.5 cm³/mol. The molecule has 1 aliphatic heterocycles. The van der Waals surface area contributed by atoms with E-state index in [0.717, 1.165) is 36.5 Å². The summed E-state index contributed by atoms with van der Waals surface area (Å²) in [7, 11) is 0.